The molecule has 1 aliphatic carbocycles. The number of hydrogen-bond donors (Lipinski definition) is 1. The Morgan fingerprint density at radius 1 is 1.47 bits per heavy atom. The highest BCUT2D eigenvalue weighted by molar-refractivity contribution is 5.49. The standard InChI is InChI=1S/C13H18N4/c1-3-13(6-7-13)9-14-12-15-11-10(2)5-4-8-17(11)16-12/h4-5,8H,3,6-7,9H2,1-2H3,(H,14,16). The van der Waals surface area contributed by atoms with E-state index in [0.717, 1.165) is 23.7 Å². The van der Waals surface area contributed by atoms with E-state index in [2.05, 4.69) is 35.3 Å². The smallest absolute Gasteiger partial charge is 0.243 e. The van der Waals surface area contributed by atoms with Gasteiger partial charge in [-0.3, -0.25) is 0 Å². The third-order valence-electron chi connectivity index (χ3n) is 3.89. The van der Waals surface area contributed by atoms with E-state index >= 15 is 0 Å². The summed E-state index contributed by atoms with van der Waals surface area (Å²) in [5.74, 6) is 0.749. The molecule has 1 saturated carbocycles. The van der Waals surface area contributed by atoms with Gasteiger partial charge in [-0.05, 0) is 43.2 Å². The van der Waals surface area contributed by atoms with Crippen LogP contribution in [-0.2, 0) is 0 Å². The molecule has 4 nitrogen and oxygen atoms in total. The van der Waals surface area contributed by atoms with Crippen molar-refractivity contribution in [2.75, 3.05) is 11.9 Å². The van der Waals surface area contributed by atoms with Crippen molar-refractivity contribution in [3.8, 4) is 0 Å². The van der Waals surface area contributed by atoms with E-state index in [1.165, 1.54) is 19.3 Å². The zero-order chi connectivity index (χ0) is 11.9. The van der Waals surface area contributed by atoms with Crippen molar-refractivity contribution < 1.29 is 0 Å². The van der Waals surface area contributed by atoms with E-state index in [1.807, 2.05) is 16.8 Å². The van der Waals surface area contributed by atoms with Gasteiger partial charge in [-0.2, -0.15) is 4.98 Å². The third-order valence-corrected chi connectivity index (χ3v) is 3.89. The topological polar surface area (TPSA) is 42.2 Å². The minimum atomic E-state index is 0.520. The molecule has 0 saturated heterocycles. The molecule has 17 heavy (non-hydrogen) atoms. The van der Waals surface area contributed by atoms with Crippen LogP contribution in [0.15, 0.2) is 18.3 Å². The summed E-state index contributed by atoms with van der Waals surface area (Å²) >= 11 is 0. The van der Waals surface area contributed by atoms with Gasteiger partial charge in [0.2, 0.25) is 5.95 Å². The Morgan fingerprint density at radius 2 is 2.29 bits per heavy atom. The lowest BCUT2D eigenvalue weighted by molar-refractivity contribution is 0.520. The SMILES string of the molecule is CCC1(CNc2nc3c(C)cccn3n2)CC1. The van der Waals surface area contributed by atoms with Crippen molar-refractivity contribution in [3.63, 3.8) is 0 Å². The molecule has 0 spiro atoms. The molecular weight excluding hydrogens is 212 g/mol. The second-order valence-corrected chi connectivity index (χ2v) is 5.10. The first-order valence-electron chi connectivity index (χ1n) is 6.28. The summed E-state index contributed by atoms with van der Waals surface area (Å²) in [6.45, 7) is 5.32. The fourth-order valence-electron chi connectivity index (χ4n) is 2.21. The first-order valence-corrected chi connectivity index (χ1v) is 6.28. The summed E-state index contributed by atoms with van der Waals surface area (Å²) in [4.78, 5) is 4.52. The van der Waals surface area contributed by atoms with Crippen LogP contribution in [0, 0.1) is 12.3 Å². The minimum Gasteiger partial charge on any atom is -0.352 e. The van der Waals surface area contributed by atoms with Crippen LogP contribution < -0.4 is 5.32 Å². The van der Waals surface area contributed by atoms with Crippen molar-refractivity contribution in [2.45, 2.75) is 33.1 Å². The number of aromatic nitrogens is 3. The van der Waals surface area contributed by atoms with Crippen LogP contribution in [-0.4, -0.2) is 21.1 Å². The van der Waals surface area contributed by atoms with Crippen LogP contribution in [0.2, 0.25) is 0 Å². The lowest BCUT2D eigenvalue weighted by Gasteiger charge is -2.11. The van der Waals surface area contributed by atoms with Crippen molar-refractivity contribution in [1.29, 1.82) is 0 Å². The Morgan fingerprint density at radius 3 is 2.94 bits per heavy atom. The highest BCUT2D eigenvalue weighted by Gasteiger charge is 2.40. The zero-order valence-electron chi connectivity index (χ0n) is 10.4. The molecule has 0 bridgehead atoms. The van der Waals surface area contributed by atoms with Gasteiger partial charge >= 0.3 is 0 Å². The Hall–Kier alpha value is -1.58. The molecule has 90 valence electrons. The predicted molar refractivity (Wildman–Crippen MR) is 68.2 cm³/mol. The van der Waals surface area contributed by atoms with Crippen LogP contribution in [0.4, 0.5) is 5.95 Å². The molecule has 3 rings (SSSR count). The van der Waals surface area contributed by atoms with Gasteiger partial charge in [0.05, 0.1) is 0 Å². The average molecular weight is 230 g/mol. The molecule has 2 heterocycles. The molecule has 0 atom stereocenters. The van der Waals surface area contributed by atoms with E-state index in [0.29, 0.717) is 5.41 Å². The maximum absolute atomic E-state index is 4.52. The number of pyridine rings is 1. The van der Waals surface area contributed by atoms with Gasteiger partial charge in [-0.1, -0.05) is 13.0 Å². The lowest BCUT2D eigenvalue weighted by Crippen LogP contribution is -2.15. The number of nitrogens with one attached hydrogen (secondary N) is 1. The van der Waals surface area contributed by atoms with Crippen LogP contribution in [0.3, 0.4) is 0 Å². The highest BCUT2D eigenvalue weighted by Crippen LogP contribution is 2.48. The summed E-state index contributed by atoms with van der Waals surface area (Å²) in [6, 6.07) is 4.05. The van der Waals surface area contributed by atoms with Gasteiger partial charge in [-0.25, -0.2) is 4.52 Å². The summed E-state index contributed by atoms with van der Waals surface area (Å²) in [5, 5.41) is 7.81. The predicted octanol–water partition coefficient (Wildman–Crippen LogP) is 2.64. The van der Waals surface area contributed by atoms with Crippen LogP contribution >= 0.6 is 0 Å². The maximum atomic E-state index is 4.52. The lowest BCUT2D eigenvalue weighted by atomic mass is 10.0. The first kappa shape index (κ1) is 10.6. The van der Waals surface area contributed by atoms with E-state index < -0.39 is 0 Å². The summed E-state index contributed by atoms with van der Waals surface area (Å²) < 4.78 is 1.84. The average Bonchev–Trinajstić information content (AvgIpc) is 3.00. The van der Waals surface area contributed by atoms with Crippen LogP contribution in [0.1, 0.15) is 31.7 Å². The molecule has 0 aliphatic heterocycles. The second kappa shape index (κ2) is 3.72. The molecule has 0 unspecified atom stereocenters. The van der Waals surface area contributed by atoms with E-state index in [1.54, 1.807) is 0 Å². The Balaban J connectivity index is 1.79. The quantitative estimate of drug-likeness (QED) is 0.878. The molecule has 1 fully saturated rings. The molecule has 0 aromatic carbocycles. The van der Waals surface area contributed by atoms with E-state index in [-0.39, 0.29) is 0 Å². The number of fused-ring (bicyclic) bond motifs is 1. The normalized spacial score (nSPS) is 17.3. The molecule has 2 aromatic heterocycles. The number of nitrogens with zero attached hydrogens (tertiary/aromatic N) is 3. The van der Waals surface area contributed by atoms with Gasteiger partial charge < -0.3 is 5.32 Å². The monoisotopic (exact) mass is 230 g/mol. The summed E-state index contributed by atoms with van der Waals surface area (Å²) in [5.41, 5.74) is 2.62. The Bertz CT molecular complexity index is 539. The van der Waals surface area contributed by atoms with E-state index in [9.17, 15) is 0 Å². The van der Waals surface area contributed by atoms with Gasteiger partial charge in [-0.15, -0.1) is 5.10 Å². The molecule has 1 aliphatic rings. The minimum absolute atomic E-state index is 0.520. The number of hydrogen-bond acceptors (Lipinski definition) is 3. The third kappa shape index (κ3) is 1.88. The molecule has 2 aromatic rings. The van der Waals surface area contributed by atoms with Gasteiger partial charge in [0, 0.05) is 12.7 Å². The number of aryl methyl sites for hydroxylation is 1. The van der Waals surface area contributed by atoms with E-state index in [4.69, 9.17) is 0 Å². The van der Waals surface area contributed by atoms with Crippen molar-refractivity contribution in [2.24, 2.45) is 5.41 Å². The van der Waals surface area contributed by atoms with Crippen LogP contribution in [0.5, 0.6) is 0 Å². The second-order valence-electron chi connectivity index (χ2n) is 5.10. The van der Waals surface area contributed by atoms with Crippen molar-refractivity contribution >= 4 is 11.6 Å². The number of anilines is 1. The largest absolute Gasteiger partial charge is 0.352 e. The van der Waals surface area contributed by atoms with Gasteiger partial charge in [0.25, 0.3) is 0 Å². The molecular formula is C13H18N4. The van der Waals surface area contributed by atoms with Gasteiger partial charge in [0.1, 0.15) is 0 Å². The summed E-state index contributed by atoms with van der Waals surface area (Å²) in [6.07, 6.45) is 5.85. The zero-order valence-corrected chi connectivity index (χ0v) is 10.4. The van der Waals surface area contributed by atoms with Crippen molar-refractivity contribution in [3.05, 3.63) is 23.9 Å². The highest BCUT2D eigenvalue weighted by atomic mass is 15.3. The fourth-order valence-corrected chi connectivity index (χ4v) is 2.21. The fraction of sp³-hybridized carbons (Fsp3) is 0.538. The Labute approximate surface area is 101 Å². The molecule has 0 amide bonds. The number of rotatable bonds is 4. The van der Waals surface area contributed by atoms with Crippen LogP contribution in [0.25, 0.3) is 5.65 Å². The molecule has 4 heteroatoms. The summed E-state index contributed by atoms with van der Waals surface area (Å²) in [7, 11) is 0. The Kier molecular flexibility index (Phi) is 2.31. The molecule has 0 radical (unpaired) electrons. The van der Waals surface area contributed by atoms with Crippen molar-refractivity contribution in [1.82, 2.24) is 14.6 Å². The molecule has 1 N–H and O–H groups in total. The first-order chi connectivity index (χ1) is 8.22. The van der Waals surface area contributed by atoms with Gasteiger partial charge in [0.15, 0.2) is 5.65 Å². The maximum Gasteiger partial charge on any atom is 0.243 e.